The van der Waals surface area contributed by atoms with Crippen molar-refractivity contribution in [1.29, 1.82) is 0 Å². The number of fused-ring (bicyclic) bond motifs is 12. The highest BCUT2D eigenvalue weighted by molar-refractivity contribution is 7.20. The molecule has 0 aliphatic heterocycles. The number of thiophene rings is 4. The van der Waals surface area contributed by atoms with Gasteiger partial charge in [0.1, 0.15) is 67.1 Å². The summed E-state index contributed by atoms with van der Waals surface area (Å²) in [6.45, 7) is 4.85. The highest BCUT2D eigenvalue weighted by Gasteiger charge is 2.32. The SMILES string of the molecule is CCC[C@H]1CCc2sc3ncnc(Cl)c3c2C1.CCC[C@H]1CCc2sc3ncnc(OC4CCC(N(C)C)CC4)c3c2C1.CN(C)C1CCC(O)CC1.CN(C)C1CCC(Oc2ncnc3sc4c(c23)C[C@@H](CCO)CC4)CC1.O=CO.OCC[C@H]1CCc2sc3ncnc(Cl)c3c2C1. The van der Waals surface area contributed by atoms with Crippen molar-refractivity contribution in [3.8, 4) is 11.8 Å². The summed E-state index contributed by atoms with van der Waals surface area (Å²) >= 11 is 19.6. The summed E-state index contributed by atoms with van der Waals surface area (Å²) < 4.78 is 12.9. The molecular formula is C75H107Cl2N11O7S4. The van der Waals surface area contributed by atoms with Gasteiger partial charge in [0.15, 0.2) is 0 Å². The van der Waals surface area contributed by atoms with Gasteiger partial charge in [-0.3, -0.25) is 4.79 Å². The Bertz CT molecular complexity index is 3590. The van der Waals surface area contributed by atoms with Crippen LogP contribution in [0.2, 0.25) is 10.3 Å². The fourth-order valence-corrected chi connectivity index (χ4v) is 21.5. The molecule has 7 aliphatic carbocycles. The summed E-state index contributed by atoms with van der Waals surface area (Å²) in [5.74, 6) is 4.40. The fraction of sp³-hybridized carbons (Fsp3) is 0.667. The zero-order chi connectivity index (χ0) is 70.1. The highest BCUT2D eigenvalue weighted by atomic mass is 35.5. The summed E-state index contributed by atoms with van der Waals surface area (Å²) in [6, 6.07) is 2.08. The molecule has 99 heavy (non-hydrogen) atoms. The van der Waals surface area contributed by atoms with Crippen LogP contribution < -0.4 is 9.47 Å². The molecule has 18 nitrogen and oxygen atoms in total. The zero-order valence-corrected chi connectivity index (χ0v) is 64.4. The molecule has 7 aliphatic rings. The first-order valence-corrected chi connectivity index (χ1v) is 40.7. The number of ether oxygens (including phenoxy) is 2. The molecule has 0 saturated heterocycles. The molecular weight excluding hydrogens is 1370 g/mol. The molecule has 0 spiro atoms. The van der Waals surface area contributed by atoms with Crippen LogP contribution in [-0.4, -0.2) is 173 Å². The van der Waals surface area contributed by atoms with E-state index in [1.807, 2.05) is 11.3 Å². The first-order chi connectivity index (χ1) is 48.0. The summed E-state index contributed by atoms with van der Waals surface area (Å²) in [6.07, 6.45) is 41.4. The Kier molecular flexibility index (Phi) is 29.5. The van der Waals surface area contributed by atoms with Crippen molar-refractivity contribution in [2.75, 3.05) is 55.5 Å². The van der Waals surface area contributed by atoms with Crippen molar-refractivity contribution in [2.24, 2.45) is 23.7 Å². The maximum absolute atomic E-state index is 9.31. The Labute approximate surface area is 612 Å². The molecule has 3 fully saturated rings. The largest absolute Gasteiger partial charge is 0.483 e. The minimum absolute atomic E-state index is 0.0174. The molecule has 8 aromatic heterocycles. The smallest absolute Gasteiger partial charge is 0.290 e. The van der Waals surface area contributed by atoms with E-state index in [0.717, 1.165) is 162 Å². The third kappa shape index (κ3) is 20.1. The van der Waals surface area contributed by atoms with E-state index in [1.54, 1.807) is 53.0 Å². The summed E-state index contributed by atoms with van der Waals surface area (Å²) in [7, 11) is 12.9. The Morgan fingerprint density at radius 3 is 1.02 bits per heavy atom. The zero-order valence-electron chi connectivity index (χ0n) is 59.6. The number of aromatic nitrogens is 8. The number of aryl methyl sites for hydroxylation is 4. The lowest BCUT2D eigenvalue weighted by Gasteiger charge is -2.32. The average molecular weight is 1470 g/mol. The molecule has 0 aromatic carbocycles. The molecule has 8 aromatic rings. The van der Waals surface area contributed by atoms with E-state index in [-0.39, 0.29) is 31.9 Å². The van der Waals surface area contributed by atoms with E-state index in [2.05, 4.69) is 111 Å². The van der Waals surface area contributed by atoms with Crippen LogP contribution >= 0.6 is 68.5 Å². The Hall–Kier alpha value is -4.43. The average Bonchev–Trinajstić information content (AvgIpc) is 1.66. The molecule has 4 N–H and O–H groups in total. The van der Waals surface area contributed by atoms with Gasteiger partial charge in [-0.2, -0.15) is 0 Å². The third-order valence-electron chi connectivity index (χ3n) is 21.8. The topological polar surface area (TPSA) is 229 Å². The number of hydrogen-bond donors (Lipinski definition) is 4. The van der Waals surface area contributed by atoms with Crippen LogP contribution in [0.15, 0.2) is 25.3 Å². The van der Waals surface area contributed by atoms with Gasteiger partial charge >= 0.3 is 0 Å². The first-order valence-electron chi connectivity index (χ1n) is 36.6. The second kappa shape index (κ2) is 37.8. The van der Waals surface area contributed by atoms with E-state index < -0.39 is 0 Å². The van der Waals surface area contributed by atoms with Gasteiger partial charge in [-0.15, -0.1) is 45.3 Å². The Morgan fingerprint density at radius 1 is 0.434 bits per heavy atom. The van der Waals surface area contributed by atoms with Gasteiger partial charge in [0.2, 0.25) is 11.8 Å². The summed E-state index contributed by atoms with van der Waals surface area (Å²) in [5, 5.41) is 40.2. The van der Waals surface area contributed by atoms with E-state index in [0.29, 0.717) is 46.4 Å². The second-order valence-electron chi connectivity index (χ2n) is 29.0. The van der Waals surface area contributed by atoms with Gasteiger partial charge in [-0.25, -0.2) is 39.9 Å². The lowest BCUT2D eigenvalue weighted by atomic mass is 9.84. The predicted molar refractivity (Wildman–Crippen MR) is 406 cm³/mol. The quantitative estimate of drug-likeness (QED) is 0.0552. The molecule has 15 rings (SSSR count). The summed E-state index contributed by atoms with van der Waals surface area (Å²) in [5.41, 5.74) is 5.63. The number of rotatable bonds is 15. The van der Waals surface area contributed by atoms with E-state index in [4.69, 9.17) is 47.7 Å². The van der Waals surface area contributed by atoms with Crippen LogP contribution in [0.1, 0.15) is 197 Å². The second-order valence-corrected chi connectivity index (χ2v) is 34.1. The van der Waals surface area contributed by atoms with Crippen molar-refractivity contribution in [1.82, 2.24) is 54.6 Å². The maximum atomic E-state index is 9.31. The van der Waals surface area contributed by atoms with Gasteiger partial charge in [-0.05, 0) is 255 Å². The summed E-state index contributed by atoms with van der Waals surface area (Å²) in [4.78, 5) is 60.4. The van der Waals surface area contributed by atoms with Crippen molar-refractivity contribution in [2.45, 2.75) is 243 Å². The number of carbonyl (C=O) groups is 1. The lowest BCUT2D eigenvalue weighted by molar-refractivity contribution is -0.122. The van der Waals surface area contributed by atoms with Crippen molar-refractivity contribution in [3.05, 3.63) is 77.4 Å². The van der Waals surface area contributed by atoms with Crippen molar-refractivity contribution < 1.29 is 34.7 Å². The Balaban J connectivity index is 0.000000137. The number of halogens is 2. The van der Waals surface area contributed by atoms with Crippen LogP contribution in [0.5, 0.6) is 11.8 Å². The van der Waals surface area contributed by atoms with Gasteiger partial charge in [0.25, 0.3) is 6.47 Å². The molecule has 24 heteroatoms. The standard InChI is InChI=1S/C21H31N3OS.C20H29N3O2S.C13H15ClN2S.C12H13ClN2OS.C8H17NO.CH2O2/c1-4-5-14-6-11-18-17(12-14)19-20(22-13-23-21(19)26-18)25-16-9-7-15(8-10-16)24(2)3;1-23(2)14-4-6-15(7-5-14)25-19-18-16-11-13(9-10-24)3-8-17(16)26-20(18)22-12-21-19;1-2-3-8-4-5-10-9(6-8)11-12(14)15-7-16-13(11)17-10;13-11-10-8-5-7(3-4-16)1-2-9(8)17-12(10)15-6-14-11;1-9(2)7-3-5-8(10)6-4-7;2-1-3/h13-16H,4-12H2,1-3H3;12-15,24H,3-11H2,1-2H3;7-8H,2-6H2,1H3;6-7,16H,1-5H2;7-8,10H,3-6H2,1-2H3;1H,(H,2,3)/t14-,15?,16?;13-,14?,15?;8-;7-;;/m0101../s1. The monoisotopic (exact) mass is 1470 g/mol. The molecule has 3 saturated carbocycles. The number of aliphatic hydroxyl groups is 3. The van der Waals surface area contributed by atoms with Crippen molar-refractivity contribution >= 4 is 116 Å². The number of aliphatic hydroxyl groups excluding tert-OH is 3. The fourth-order valence-electron chi connectivity index (χ4n) is 16.2. The van der Waals surface area contributed by atoms with Crippen LogP contribution in [0.4, 0.5) is 0 Å². The molecule has 0 radical (unpaired) electrons. The van der Waals surface area contributed by atoms with Gasteiger partial charge in [-0.1, -0.05) is 62.7 Å². The molecule has 4 atom stereocenters. The molecule has 8 heterocycles. The van der Waals surface area contributed by atoms with Gasteiger partial charge in [0, 0.05) is 50.8 Å². The number of hydrogen-bond acceptors (Lipinski definition) is 21. The normalized spacial score (nSPS) is 24.1. The van der Waals surface area contributed by atoms with Crippen molar-refractivity contribution in [3.63, 3.8) is 0 Å². The lowest BCUT2D eigenvalue weighted by Crippen LogP contribution is -2.35. The minimum atomic E-state index is -0.250. The first kappa shape index (κ1) is 77.2. The van der Waals surface area contributed by atoms with Crippen LogP contribution in [-0.2, 0) is 56.2 Å². The molecule has 0 bridgehead atoms. The number of carboxylic acid groups (broad SMARTS) is 1. The number of nitrogens with zero attached hydrogens (tertiary/aromatic N) is 11. The van der Waals surface area contributed by atoms with Gasteiger partial charge < -0.3 is 44.6 Å². The molecule has 0 unspecified atom stereocenters. The Morgan fingerprint density at radius 2 is 0.717 bits per heavy atom. The van der Waals surface area contributed by atoms with Crippen LogP contribution in [0.25, 0.3) is 40.9 Å². The van der Waals surface area contributed by atoms with Crippen LogP contribution in [0.3, 0.4) is 0 Å². The third-order valence-corrected chi connectivity index (χ3v) is 27.2. The van der Waals surface area contributed by atoms with Gasteiger partial charge in [0.05, 0.1) is 27.6 Å². The highest BCUT2D eigenvalue weighted by Crippen LogP contribution is 2.46. The van der Waals surface area contributed by atoms with E-state index in [1.165, 1.54) is 143 Å². The minimum Gasteiger partial charge on any atom is -0.483 e. The van der Waals surface area contributed by atoms with E-state index >= 15 is 0 Å². The van der Waals surface area contributed by atoms with Crippen LogP contribution in [0, 0.1) is 23.7 Å². The predicted octanol–water partition coefficient (Wildman–Crippen LogP) is 15.9. The molecule has 0 amide bonds. The molecule has 542 valence electrons. The maximum Gasteiger partial charge on any atom is 0.290 e. The van der Waals surface area contributed by atoms with E-state index in [9.17, 15) is 10.2 Å².